The summed E-state index contributed by atoms with van der Waals surface area (Å²) in [6.45, 7) is 2.31. The van der Waals surface area contributed by atoms with E-state index in [4.69, 9.17) is 4.12 Å². The van der Waals surface area contributed by atoms with E-state index < -0.39 is 18.1 Å². The quantitative estimate of drug-likeness (QED) is 0.652. The van der Waals surface area contributed by atoms with E-state index in [0.29, 0.717) is 0 Å². The van der Waals surface area contributed by atoms with Crippen molar-refractivity contribution in [1.29, 1.82) is 0 Å². The predicted molar refractivity (Wildman–Crippen MR) is 99.5 cm³/mol. The molecule has 3 aromatic carbocycles. The van der Waals surface area contributed by atoms with Crippen molar-refractivity contribution >= 4 is 33.6 Å². The van der Waals surface area contributed by atoms with E-state index in [1.807, 2.05) is 0 Å². The van der Waals surface area contributed by atoms with E-state index in [1.165, 1.54) is 15.6 Å². The number of rotatable bonds is 5. The molecule has 0 amide bonds. The Balaban J connectivity index is 1.93. The lowest BCUT2D eigenvalue weighted by molar-refractivity contribution is 0.623. The first kappa shape index (κ1) is 15.0. The van der Waals surface area contributed by atoms with Gasteiger partial charge in [-0.05, 0) is 22.1 Å². The Morgan fingerprint density at radius 2 is 1.05 bits per heavy atom. The maximum atomic E-state index is 6.67. The highest BCUT2D eigenvalue weighted by Crippen LogP contribution is 2.07. The van der Waals surface area contributed by atoms with Crippen molar-refractivity contribution in [2.45, 2.75) is 6.55 Å². The van der Waals surface area contributed by atoms with Gasteiger partial charge in [-0.25, -0.2) is 0 Å². The van der Waals surface area contributed by atoms with E-state index in [9.17, 15) is 0 Å². The van der Waals surface area contributed by atoms with Crippen molar-refractivity contribution in [1.82, 2.24) is 0 Å². The Labute approximate surface area is 135 Å². The van der Waals surface area contributed by atoms with Gasteiger partial charge in [0.15, 0.2) is 9.76 Å². The van der Waals surface area contributed by atoms with E-state index >= 15 is 0 Å². The molecule has 0 spiro atoms. The minimum Gasteiger partial charge on any atom is -0.450 e. The molecule has 0 unspecified atom stereocenters. The standard InChI is InChI=1S/C19H20OSi2/c1-22(18-13-7-3-8-14-18,19-15-9-4-10-16-19)20-21-17-11-5-2-6-12-17/h2-16H,21H2,1H3. The summed E-state index contributed by atoms with van der Waals surface area (Å²) in [6, 6.07) is 32.0. The molecule has 1 nitrogen and oxygen atoms in total. The van der Waals surface area contributed by atoms with Crippen molar-refractivity contribution in [3.8, 4) is 0 Å². The normalized spacial score (nSPS) is 11.9. The molecule has 0 N–H and O–H groups in total. The summed E-state index contributed by atoms with van der Waals surface area (Å²) >= 11 is 0. The zero-order chi connectivity index (χ0) is 15.3. The molecule has 0 fully saturated rings. The van der Waals surface area contributed by atoms with Gasteiger partial charge in [0.2, 0.25) is 8.32 Å². The van der Waals surface area contributed by atoms with E-state index in [0.717, 1.165) is 0 Å². The fourth-order valence-electron chi connectivity index (χ4n) is 2.65. The number of hydrogen-bond donors (Lipinski definition) is 0. The Morgan fingerprint density at radius 3 is 1.50 bits per heavy atom. The molecule has 0 bridgehead atoms. The fraction of sp³-hybridized carbons (Fsp3) is 0.0526. The molecule has 0 aliphatic heterocycles. The van der Waals surface area contributed by atoms with Crippen molar-refractivity contribution < 1.29 is 4.12 Å². The maximum absolute atomic E-state index is 6.67. The van der Waals surface area contributed by atoms with Gasteiger partial charge in [0, 0.05) is 0 Å². The first-order chi connectivity index (χ1) is 10.8. The number of hydrogen-bond acceptors (Lipinski definition) is 1. The van der Waals surface area contributed by atoms with Crippen LogP contribution in [0.15, 0.2) is 91.0 Å². The van der Waals surface area contributed by atoms with Gasteiger partial charge in [-0.1, -0.05) is 91.0 Å². The van der Waals surface area contributed by atoms with Gasteiger partial charge < -0.3 is 4.12 Å². The van der Waals surface area contributed by atoms with Crippen molar-refractivity contribution in [2.75, 3.05) is 0 Å². The highest BCUT2D eigenvalue weighted by molar-refractivity contribution is 6.99. The summed E-state index contributed by atoms with van der Waals surface area (Å²) in [5.74, 6) is 0. The Morgan fingerprint density at radius 1 is 0.636 bits per heavy atom. The second-order valence-electron chi connectivity index (χ2n) is 5.54. The molecule has 0 aliphatic rings. The Bertz CT molecular complexity index is 660. The first-order valence-corrected chi connectivity index (χ1v) is 11.3. The molecular formula is C19H20OSi2. The zero-order valence-corrected chi connectivity index (χ0v) is 15.2. The van der Waals surface area contributed by atoms with Crippen LogP contribution in [0.4, 0.5) is 0 Å². The summed E-state index contributed by atoms with van der Waals surface area (Å²) in [4.78, 5) is 0. The van der Waals surface area contributed by atoms with E-state index in [2.05, 4.69) is 97.5 Å². The van der Waals surface area contributed by atoms with Gasteiger partial charge in [0.25, 0.3) is 0 Å². The van der Waals surface area contributed by atoms with Crippen molar-refractivity contribution in [3.63, 3.8) is 0 Å². The molecule has 3 heteroatoms. The second kappa shape index (κ2) is 6.88. The largest absolute Gasteiger partial charge is 0.450 e. The van der Waals surface area contributed by atoms with Gasteiger partial charge >= 0.3 is 0 Å². The maximum Gasteiger partial charge on any atom is 0.241 e. The van der Waals surface area contributed by atoms with Crippen LogP contribution >= 0.6 is 0 Å². The van der Waals surface area contributed by atoms with Crippen LogP contribution in [0.3, 0.4) is 0 Å². The summed E-state index contributed by atoms with van der Waals surface area (Å²) in [7, 11) is -2.86. The minimum atomic E-state index is -2.12. The SMILES string of the molecule is C[Si](O[SiH2]c1ccccc1)(c1ccccc1)c1ccccc1. The van der Waals surface area contributed by atoms with Crippen LogP contribution in [0.25, 0.3) is 0 Å². The molecule has 110 valence electrons. The van der Waals surface area contributed by atoms with Crippen LogP contribution in [-0.4, -0.2) is 18.1 Å². The summed E-state index contributed by atoms with van der Waals surface area (Å²) in [6.07, 6.45) is 0. The van der Waals surface area contributed by atoms with Crippen LogP contribution < -0.4 is 15.6 Å². The van der Waals surface area contributed by atoms with E-state index in [-0.39, 0.29) is 0 Å². The molecule has 0 radical (unpaired) electrons. The molecule has 3 aromatic rings. The van der Waals surface area contributed by atoms with Gasteiger partial charge in [-0.3, -0.25) is 0 Å². The zero-order valence-electron chi connectivity index (χ0n) is 12.8. The predicted octanol–water partition coefficient (Wildman–Crippen LogP) is 1.80. The smallest absolute Gasteiger partial charge is 0.241 e. The molecule has 3 rings (SSSR count). The van der Waals surface area contributed by atoms with Gasteiger partial charge in [0.05, 0.1) is 0 Å². The lowest BCUT2D eigenvalue weighted by Crippen LogP contribution is -2.59. The first-order valence-electron chi connectivity index (χ1n) is 7.58. The van der Waals surface area contributed by atoms with Gasteiger partial charge in [0.1, 0.15) is 0 Å². The highest BCUT2D eigenvalue weighted by atomic mass is 28.4. The van der Waals surface area contributed by atoms with Gasteiger partial charge in [-0.15, -0.1) is 0 Å². The molecule has 22 heavy (non-hydrogen) atoms. The average Bonchev–Trinajstić information content (AvgIpc) is 2.62. The Hall–Kier alpha value is -1.95. The molecule has 0 saturated heterocycles. The third-order valence-corrected chi connectivity index (χ3v) is 10.6. The topological polar surface area (TPSA) is 9.23 Å². The summed E-state index contributed by atoms with van der Waals surface area (Å²) < 4.78 is 6.67. The molecule has 0 heterocycles. The Kier molecular flexibility index (Phi) is 4.68. The molecule has 0 aromatic heterocycles. The lowest BCUT2D eigenvalue weighted by atomic mass is 10.4. The lowest BCUT2D eigenvalue weighted by Gasteiger charge is -2.29. The van der Waals surface area contributed by atoms with Crippen molar-refractivity contribution in [3.05, 3.63) is 91.0 Å². The van der Waals surface area contributed by atoms with Crippen LogP contribution in [0, 0.1) is 0 Å². The molecule has 0 atom stereocenters. The molecule has 0 aliphatic carbocycles. The minimum absolute atomic E-state index is 0.741. The molecule has 0 saturated carbocycles. The number of benzene rings is 3. The van der Waals surface area contributed by atoms with Crippen LogP contribution in [0.1, 0.15) is 0 Å². The van der Waals surface area contributed by atoms with Crippen LogP contribution in [0.5, 0.6) is 0 Å². The summed E-state index contributed by atoms with van der Waals surface area (Å²) in [5, 5.41) is 4.03. The highest BCUT2D eigenvalue weighted by Gasteiger charge is 2.33. The van der Waals surface area contributed by atoms with E-state index in [1.54, 1.807) is 0 Å². The van der Waals surface area contributed by atoms with Crippen LogP contribution in [0.2, 0.25) is 6.55 Å². The average molecular weight is 321 g/mol. The van der Waals surface area contributed by atoms with Crippen molar-refractivity contribution in [2.24, 2.45) is 0 Å². The molecular weight excluding hydrogens is 300 g/mol. The van der Waals surface area contributed by atoms with Crippen LogP contribution in [-0.2, 0) is 4.12 Å². The fourth-order valence-corrected chi connectivity index (χ4v) is 8.26. The monoisotopic (exact) mass is 320 g/mol. The summed E-state index contributed by atoms with van der Waals surface area (Å²) in [5.41, 5.74) is 0. The van der Waals surface area contributed by atoms with Gasteiger partial charge in [-0.2, -0.15) is 0 Å². The third kappa shape index (κ3) is 3.27. The second-order valence-corrected chi connectivity index (χ2v) is 11.0. The third-order valence-electron chi connectivity index (χ3n) is 4.02.